The fourth-order valence-electron chi connectivity index (χ4n) is 4.89. The van der Waals surface area contributed by atoms with Gasteiger partial charge in [-0.25, -0.2) is 14.8 Å². The van der Waals surface area contributed by atoms with Crippen molar-refractivity contribution in [3.63, 3.8) is 0 Å². The van der Waals surface area contributed by atoms with Gasteiger partial charge in [-0.1, -0.05) is 5.16 Å². The molecule has 1 aliphatic rings. The highest BCUT2D eigenvalue weighted by Crippen LogP contribution is 2.45. The number of carbonyl (C=O) groups excluding carboxylic acids is 1. The monoisotopic (exact) mass is 581 g/mol. The minimum atomic E-state index is -4.59. The third-order valence-corrected chi connectivity index (χ3v) is 7.15. The van der Waals surface area contributed by atoms with E-state index in [2.05, 4.69) is 30.4 Å². The smallest absolute Gasteiger partial charge is 0.361 e. The molecule has 1 amide bonds. The van der Waals surface area contributed by atoms with E-state index in [1.54, 1.807) is 13.0 Å². The van der Waals surface area contributed by atoms with Crippen molar-refractivity contribution in [2.45, 2.75) is 44.9 Å². The fraction of sp³-hybridized carbons (Fsp3) is 0.308. The maximum atomic E-state index is 13.6. The van der Waals surface area contributed by atoms with Gasteiger partial charge in [0.05, 0.1) is 31.0 Å². The first-order valence-corrected chi connectivity index (χ1v) is 12.7. The molecule has 5 aromatic heterocycles. The number of halogens is 3. The Hall–Kier alpha value is -5.15. The number of pyridine rings is 1. The van der Waals surface area contributed by atoms with Gasteiger partial charge in [-0.05, 0) is 38.3 Å². The first kappa shape index (κ1) is 27.0. The summed E-state index contributed by atoms with van der Waals surface area (Å²) < 4.78 is 48.1. The second-order valence-electron chi connectivity index (χ2n) is 10.1. The van der Waals surface area contributed by atoms with Crippen LogP contribution in [0, 0.1) is 13.8 Å². The lowest BCUT2D eigenvalue weighted by atomic mass is 10.1. The normalized spacial score (nSPS) is 14.3. The molecular formula is C26H22F3N9O4. The molecule has 0 atom stereocenters. The molecule has 0 radical (unpaired) electrons. The number of aryl methyl sites for hydroxylation is 3. The van der Waals surface area contributed by atoms with Crippen molar-refractivity contribution in [3.8, 4) is 11.3 Å². The Kier molecular flexibility index (Phi) is 6.09. The number of alkyl halides is 3. The third kappa shape index (κ3) is 4.44. The summed E-state index contributed by atoms with van der Waals surface area (Å²) in [5, 5.41) is 6.56. The molecule has 1 aliphatic carbocycles. The van der Waals surface area contributed by atoms with Crippen LogP contribution in [0.15, 0.2) is 51.2 Å². The van der Waals surface area contributed by atoms with Gasteiger partial charge in [0.15, 0.2) is 17.0 Å². The largest absolute Gasteiger partial charge is 0.433 e. The minimum absolute atomic E-state index is 0.0527. The Morgan fingerprint density at radius 1 is 1.12 bits per heavy atom. The van der Waals surface area contributed by atoms with Crippen LogP contribution in [0.4, 0.5) is 19.0 Å². The number of rotatable bonds is 6. The molecule has 0 saturated heterocycles. The Labute approximate surface area is 233 Å². The van der Waals surface area contributed by atoms with Crippen LogP contribution in [0.5, 0.6) is 0 Å². The van der Waals surface area contributed by atoms with Gasteiger partial charge in [0.2, 0.25) is 0 Å². The zero-order valence-electron chi connectivity index (χ0n) is 22.4. The molecule has 42 heavy (non-hydrogen) atoms. The zero-order valence-corrected chi connectivity index (χ0v) is 22.4. The van der Waals surface area contributed by atoms with Gasteiger partial charge in [0.25, 0.3) is 11.5 Å². The number of hydrogen-bond donors (Lipinski definition) is 1. The number of carbonyl (C=O) groups is 1. The van der Waals surface area contributed by atoms with Crippen molar-refractivity contribution in [1.29, 1.82) is 0 Å². The average molecular weight is 582 g/mol. The Morgan fingerprint density at radius 2 is 1.88 bits per heavy atom. The number of nitrogens with zero attached hydrogens (tertiary/aromatic N) is 8. The van der Waals surface area contributed by atoms with E-state index in [0.29, 0.717) is 24.3 Å². The lowest BCUT2D eigenvalue weighted by molar-refractivity contribution is -0.141. The van der Waals surface area contributed by atoms with Crippen LogP contribution in [0.25, 0.3) is 22.4 Å². The average Bonchev–Trinajstić information content (AvgIpc) is 3.45. The van der Waals surface area contributed by atoms with Gasteiger partial charge in [0, 0.05) is 24.9 Å². The molecule has 0 spiro atoms. The third-order valence-electron chi connectivity index (χ3n) is 7.15. The van der Waals surface area contributed by atoms with E-state index < -0.39 is 34.6 Å². The van der Waals surface area contributed by atoms with Crippen LogP contribution in [-0.4, -0.2) is 44.7 Å². The molecule has 1 N–H and O–H groups in total. The molecule has 5 aromatic rings. The number of amides is 1. The summed E-state index contributed by atoms with van der Waals surface area (Å²) in [5.41, 5.74) is -2.46. The van der Waals surface area contributed by atoms with Crippen molar-refractivity contribution in [2.75, 3.05) is 5.32 Å². The van der Waals surface area contributed by atoms with Crippen molar-refractivity contribution < 1.29 is 22.5 Å². The summed E-state index contributed by atoms with van der Waals surface area (Å²) >= 11 is 0. The number of anilines is 1. The van der Waals surface area contributed by atoms with Crippen molar-refractivity contribution >= 4 is 22.9 Å². The molecule has 16 heteroatoms. The van der Waals surface area contributed by atoms with Crippen LogP contribution in [0.2, 0.25) is 0 Å². The number of nitrogens with one attached hydrogen (secondary N) is 1. The first-order valence-electron chi connectivity index (χ1n) is 12.7. The number of hydrogen-bond acceptors (Lipinski definition) is 9. The fourth-order valence-corrected chi connectivity index (χ4v) is 4.89. The lowest BCUT2D eigenvalue weighted by Crippen LogP contribution is -2.41. The van der Waals surface area contributed by atoms with E-state index in [9.17, 15) is 27.6 Å². The highest BCUT2D eigenvalue weighted by atomic mass is 19.4. The summed E-state index contributed by atoms with van der Waals surface area (Å²) in [5.74, 6) is 0.0744. The summed E-state index contributed by atoms with van der Waals surface area (Å²) in [6.45, 7) is 2.84. The molecule has 6 rings (SSSR count). The molecule has 1 fully saturated rings. The van der Waals surface area contributed by atoms with Crippen molar-refractivity contribution in [1.82, 2.24) is 38.8 Å². The summed E-state index contributed by atoms with van der Waals surface area (Å²) in [6, 6.07) is 2.90. The van der Waals surface area contributed by atoms with Gasteiger partial charge < -0.3 is 14.4 Å². The number of imidazole rings is 1. The molecule has 0 aromatic carbocycles. The summed E-state index contributed by atoms with van der Waals surface area (Å²) in [7, 11) is 1.48. The highest BCUT2D eigenvalue weighted by molar-refractivity contribution is 5.99. The van der Waals surface area contributed by atoms with Crippen LogP contribution in [0.1, 0.15) is 35.6 Å². The maximum Gasteiger partial charge on any atom is 0.433 e. The molecule has 1 saturated carbocycles. The second kappa shape index (κ2) is 9.46. The van der Waals surface area contributed by atoms with Gasteiger partial charge in [-0.3, -0.25) is 28.7 Å². The van der Waals surface area contributed by atoms with Crippen LogP contribution in [0.3, 0.4) is 0 Å². The SMILES string of the molecule is Cc1cc(Cn2c(=O)c3c(ncn3C3(C(=O)Nc4cncc(-c5cnc(C(F)(F)F)c(C)c5)n4)CC3)n(C)c2=O)no1. The highest BCUT2D eigenvalue weighted by Gasteiger charge is 2.53. The molecule has 216 valence electrons. The topological polar surface area (TPSA) is 156 Å². The van der Waals surface area contributed by atoms with Crippen LogP contribution in [-0.2, 0) is 30.1 Å². The Balaban J connectivity index is 1.32. The zero-order chi connectivity index (χ0) is 30.0. The predicted octanol–water partition coefficient (Wildman–Crippen LogP) is 2.55. The van der Waals surface area contributed by atoms with Gasteiger partial charge in [0.1, 0.15) is 22.7 Å². The molecule has 0 aliphatic heterocycles. The first-order chi connectivity index (χ1) is 19.9. The quantitative estimate of drug-likeness (QED) is 0.318. The molecule has 0 unspecified atom stereocenters. The van der Waals surface area contributed by atoms with Gasteiger partial charge >= 0.3 is 11.9 Å². The standard InChI is InChI=1S/C26H22F3N9O4/c1-13-6-15(8-31-20(13)26(27,28)29)17-9-30-10-18(33-17)34-23(40)25(4-5-25)38-12-32-21-19(38)22(39)37(24(41)36(21)3)11-16-7-14(2)42-35-16/h6-10,12H,4-5,11H2,1-3H3,(H,33,34,40). The number of fused-ring (bicyclic) bond motifs is 1. The number of aromatic nitrogens is 8. The van der Waals surface area contributed by atoms with E-state index >= 15 is 0 Å². The molecule has 13 nitrogen and oxygen atoms in total. The van der Waals surface area contributed by atoms with Crippen molar-refractivity contribution in [2.24, 2.45) is 7.05 Å². The molecular weight excluding hydrogens is 559 g/mol. The van der Waals surface area contributed by atoms with Crippen LogP contribution >= 0.6 is 0 Å². The van der Waals surface area contributed by atoms with E-state index in [4.69, 9.17) is 4.52 Å². The molecule has 0 bridgehead atoms. The van der Waals surface area contributed by atoms with E-state index in [0.717, 1.165) is 10.8 Å². The Bertz CT molecular complexity index is 2000. The maximum absolute atomic E-state index is 13.6. The van der Waals surface area contributed by atoms with E-state index in [1.165, 1.54) is 47.9 Å². The van der Waals surface area contributed by atoms with E-state index in [-0.39, 0.29) is 40.3 Å². The van der Waals surface area contributed by atoms with Crippen LogP contribution < -0.4 is 16.6 Å². The molecule has 5 heterocycles. The lowest BCUT2D eigenvalue weighted by Gasteiger charge is -2.18. The van der Waals surface area contributed by atoms with Crippen molar-refractivity contribution in [3.05, 3.63) is 80.6 Å². The second-order valence-corrected chi connectivity index (χ2v) is 10.1. The van der Waals surface area contributed by atoms with Gasteiger partial charge in [-0.2, -0.15) is 13.2 Å². The Morgan fingerprint density at radius 3 is 2.52 bits per heavy atom. The van der Waals surface area contributed by atoms with Gasteiger partial charge in [-0.15, -0.1) is 0 Å². The summed E-state index contributed by atoms with van der Waals surface area (Å²) in [6.07, 6.45) is 1.20. The summed E-state index contributed by atoms with van der Waals surface area (Å²) in [4.78, 5) is 56.3. The van der Waals surface area contributed by atoms with E-state index in [1.807, 2.05) is 0 Å². The minimum Gasteiger partial charge on any atom is -0.361 e. The predicted molar refractivity (Wildman–Crippen MR) is 140 cm³/mol.